The van der Waals surface area contributed by atoms with Crippen LogP contribution in [0.3, 0.4) is 0 Å². The number of benzene rings is 2. The number of anilines is 2. The average Bonchev–Trinajstić information content (AvgIpc) is 2.98. The fourth-order valence-electron chi connectivity index (χ4n) is 3.18. The molecule has 0 bridgehead atoms. The van der Waals surface area contributed by atoms with Gasteiger partial charge in [-0.25, -0.2) is 8.42 Å². The highest BCUT2D eigenvalue weighted by atomic mass is 35.5. The van der Waals surface area contributed by atoms with Gasteiger partial charge in [-0.3, -0.25) is 0 Å². The van der Waals surface area contributed by atoms with Crippen molar-refractivity contribution in [3.8, 4) is 5.75 Å². The zero-order valence-electron chi connectivity index (χ0n) is 16.2. The number of sulfonamides is 1. The molecule has 156 valence electrons. The van der Waals surface area contributed by atoms with Gasteiger partial charge >= 0.3 is 0 Å². The van der Waals surface area contributed by atoms with E-state index in [1.54, 1.807) is 53.9 Å². The molecule has 0 unspecified atom stereocenters. The first-order valence-corrected chi connectivity index (χ1v) is 11.6. The van der Waals surface area contributed by atoms with Gasteiger partial charge < -0.3 is 15.4 Å². The maximum absolute atomic E-state index is 12.8. The Bertz CT molecular complexity index is 957. The molecule has 0 radical (unpaired) electrons. The summed E-state index contributed by atoms with van der Waals surface area (Å²) in [6, 6.07) is 11.9. The molecule has 0 aliphatic carbocycles. The lowest BCUT2D eigenvalue weighted by molar-refractivity contribution is 0.415. The van der Waals surface area contributed by atoms with Gasteiger partial charge in [-0.05, 0) is 67.5 Å². The van der Waals surface area contributed by atoms with Crippen molar-refractivity contribution in [2.24, 2.45) is 0 Å². The van der Waals surface area contributed by atoms with E-state index in [1.165, 1.54) is 0 Å². The lowest BCUT2D eigenvalue weighted by Crippen LogP contribution is -2.31. The number of hydrogen-bond acceptors (Lipinski definition) is 4. The predicted molar refractivity (Wildman–Crippen MR) is 122 cm³/mol. The Morgan fingerprint density at radius 1 is 1.00 bits per heavy atom. The van der Waals surface area contributed by atoms with E-state index >= 15 is 0 Å². The van der Waals surface area contributed by atoms with Crippen LogP contribution in [0.25, 0.3) is 0 Å². The van der Waals surface area contributed by atoms with Crippen LogP contribution in [-0.2, 0) is 10.0 Å². The lowest BCUT2D eigenvalue weighted by atomic mass is 10.2. The van der Waals surface area contributed by atoms with Crippen molar-refractivity contribution in [2.45, 2.75) is 30.6 Å². The summed E-state index contributed by atoms with van der Waals surface area (Å²) in [7, 11) is -1.91. The number of halogens is 1. The molecule has 1 fully saturated rings. The minimum absolute atomic E-state index is 0.297. The van der Waals surface area contributed by atoms with E-state index in [0.29, 0.717) is 45.2 Å². The molecule has 0 aromatic heterocycles. The monoisotopic (exact) mass is 453 g/mol. The van der Waals surface area contributed by atoms with E-state index in [0.717, 1.165) is 25.7 Å². The van der Waals surface area contributed by atoms with E-state index in [-0.39, 0.29) is 0 Å². The fraction of sp³-hybridized carbons (Fsp3) is 0.350. The average molecular weight is 454 g/mol. The summed E-state index contributed by atoms with van der Waals surface area (Å²) in [5.41, 5.74) is 1.41. The van der Waals surface area contributed by atoms with E-state index in [1.807, 2.05) is 0 Å². The Labute approximate surface area is 182 Å². The second kappa shape index (κ2) is 9.75. The molecule has 6 nitrogen and oxygen atoms in total. The van der Waals surface area contributed by atoms with Crippen LogP contribution in [0.5, 0.6) is 5.75 Å². The minimum Gasteiger partial charge on any atom is -0.495 e. The maximum Gasteiger partial charge on any atom is 0.243 e. The van der Waals surface area contributed by atoms with Gasteiger partial charge in [0.25, 0.3) is 0 Å². The topological polar surface area (TPSA) is 70.7 Å². The highest BCUT2D eigenvalue weighted by molar-refractivity contribution is 7.89. The number of nitrogens with one attached hydrogen (secondary N) is 2. The first-order valence-electron chi connectivity index (χ1n) is 9.42. The molecule has 1 heterocycles. The summed E-state index contributed by atoms with van der Waals surface area (Å²) in [6.07, 6.45) is 3.99. The highest BCUT2D eigenvalue weighted by Crippen LogP contribution is 2.27. The number of methoxy groups -OCH3 is 1. The predicted octanol–water partition coefficient (Wildman–Crippen LogP) is 4.72. The Morgan fingerprint density at radius 3 is 2.17 bits per heavy atom. The van der Waals surface area contributed by atoms with Crippen molar-refractivity contribution in [3.63, 3.8) is 0 Å². The van der Waals surface area contributed by atoms with Crippen molar-refractivity contribution in [3.05, 3.63) is 47.5 Å². The van der Waals surface area contributed by atoms with Crippen LogP contribution < -0.4 is 15.4 Å². The molecule has 0 amide bonds. The Morgan fingerprint density at radius 2 is 1.59 bits per heavy atom. The van der Waals surface area contributed by atoms with Gasteiger partial charge in [0.2, 0.25) is 10.0 Å². The van der Waals surface area contributed by atoms with Crippen LogP contribution in [0, 0.1) is 0 Å². The van der Waals surface area contributed by atoms with Crippen molar-refractivity contribution < 1.29 is 13.2 Å². The van der Waals surface area contributed by atoms with Crippen LogP contribution in [0.4, 0.5) is 11.4 Å². The van der Waals surface area contributed by atoms with Crippen LogP contribution in [0.2, 0.25) is 5.02 Å². The third kappa shape index (κ3) is 5.60. The van der Waals surface area contributed by atoms with Crippen molar-refractivity contribution >= 4 is 50.3 Å². The van der Waals surface area contributed by atoms with Gasteiger partial charge in [0.1, 0.15) is 5.75 Å². The quantitative estimate of drug-likeness (QED) is 0.638. The molecule has 3 rings (SSSR count). The molecule has 1 aliphatic rings. The molecule has 2 aromatic carbocycles. The number of rotatable bonds is 5. The summed E-state index contributed by atoms with van der Waals surface area (Å²) in [5, 5.41) is 6.93. The highest BCUT2D eigenvalue weighted by Gasteiger charge is 2.24. The largest absolute Gasteiger partial charge is 0.495 e. The van der Waals surface area contributed by atoms with E-state index in [2.05, 4.69) is 10.6 Å². The van der Waals surface area contributed by atoms with Crippen LogP contribution in [-0.4, -0.2) is 38.0 Å². The van der Waals surface area contributed by atoms with Gasteiger partial charge in [0, 0.05) is 24.5 Å². The van der Waals surface area contributed by atoms with Crippen LogP contribution >= 0.6 is 23.8 Å². The maximum atomic E-state index is 12.8. The molecule has 9 heteroatoms. The number of hydrogen-bond donors (Lipinski definition) is 2. The minimum atomic E-state index is -3.46. The Balaban J connectivity index is 1.64. The number of nitrogens with zero attached hydrogens (tertiary/aromatic N) is 1. The lowest BCUT2D eigenvalue weighted by Gasteiger charge is -2.20. The van der Waals surface area contributed by atoms with E-state index in [9.17, 15) is 8.42 Å². The molecule has 0 spiro atoms. The van der Waals surface area contributed by atoms with Gasteiger partial charge in [-0.2, -0.15) is 4.31 Å². The summed E-state index contributed by atoms with van der Waals surface area (Å²) in [6.45, 7) is 1.17. The standard InChI is InChI=1S/C20H24ClN3O3S2/c1-27-19-11-8-16(14-18(19)21)23-20(28)22-15-6-9-17(10-7-15)29(25,26)24-12-4-2-3-5-13-24/h6-11,14H,2-5,12-13H2,1H3,(H2,22,23,28). The Hall–Kier alpha value is -1.87. The Kier molecular flexibility index (Phi) is 7.34. The molecular weight excluding hydrogens is 430 g/mol. The second-order valence-corrected chi connectivity index (χ2v) is 9.52. The molecule has 2 N–H and O–H groups in total. The molecular formula is C20H24ClN3O3S2. The summed E-state index contributed by atoms with van der Waals surface area (Å²) in [4.78, 5) is 0.297. The second-order valence-electron chi connectivity index (χ2n) is 6.77. The third-order valence-electron chi connectivity index (χ3n) is 4.72. The molecule has 1 saturated heterocycles. The van der Waals surface area contributed by atoms with E-state index < -0.39 is 10.0 Å². The zero-order valence-corrected chi connectivity index (χ0v) is 18.5. The summed E-state index contributed by atoms with van der Waals surface area (Å²) in [5.74, 6) is 0.581. The fourth-order valence-corrected chi connectivity index (χ4v) is 5.19. The van der Waals surface area contributed by atoms with E-state index in [4.69, 9.17) is 28.6 Å². The van der Waals surface area contributed by atoms with Crippen LogP contribution in [0.1, 0.15) is 25.7 Å². The van der Waals surface area contributed by atoms with Gasteiger partial charge in [0.05, 0.1) is 17.0 Å². The molecule has 1 aliphatic heterocycles. The smallest absolute Gasteiger partial charge is 0.243 e. The number of thiocarbonyl (C=S) groups is 1. The van der Waals surface area contributed by atoms with Crippen molar-refractivity contribution in [2.75, 3.05) is 30.8 Å². The molecule has 2 aromatic rings. The first-order chi connectivity index (χ1) is 13.9. The number of ether oxygens (including phenoxy) is 1. The van der Waals surface area contributed by atoms with Crippen molar-refractivity contribution in [1.29, 1.82) is 0 Å². The van der Waals surface area contributed by atoms with Gasteiger partial charge in [-0.15, -0.1) is 0 Å². The normalized spacial score (nSPS) is 15.4. The third-order valence-corrected chi connectivity index (χ3v) is 7.14. The molecule has 0 saturated carbocycles. The summed E-state index contributed by atoms with van der Waals surface area (Å²) < 4.78 is 32.4. The van der Waals surface area contributed by atoms with Crippen molar-refractivity contribution in [1.82, 2.24) is 4.31 Å². The zero-order chi connectivity index (χ0) is 20.9. The summed E-state index contributed by atoms with van der Waals surface area (Å²) >= 11 is 11.4. The van der Waals surface area contributed by atoms with Crippen LogP contribution in [0.15, 0.2) is 47.4 Å². The van der Waals surface area contributed by atoms with Gasteiger partial charge in [0.15, 0.2) is 5.11 Å². The SMILES string of the molecule is COc1ccc(NC(=S)Nc2ccc(S(=O)(=O)N3CCCCCC3)cc2)cc1Cl. The van der Waals surface area contributed by atoms with Gasteiger partial charge in [-0.1, -0.05) is 24.4 Å². The first kappa shape index (κ1) is 21.8. The molecule has 0 atom stereocenters. The molecule has 29 heavy (non-hydrogen) atoms.